The lowest BCUT2D eigenvalue weighted by Gasteiger charge is -2.45. The van der Waals surface area contributed by atoms with E-state index in [0.717, 1.165) is 25.7 Å². The molecule has 1 saturated carbocycles. The minimum atomic E-state index is -3.69. The Morgan fingerprint density at radius 1 is 1.22 bits per heavy atom. The summed E-state index contributed by atoms with van der Waals surface area (Å²) in [5, 5.41) is 10.5. The maximum atomic E-state index is 13.9. The van der Waals surface area contributed by atoms with E-state index in [-0.39, 0.29) is 34.6 Å². The van der Waals surface area contributed by atoms with E-state index >= 15 is 0 Å². The first-order chi connectivity index (χ1) is 16.7. The van der Waals surface area contributed by atoms with Crippen molar-refractivity contribution in [3.05, 3.63) is 29.7 Å². The monoisotopic (exact) mass is 562 g/mol. The second-order valence-electron chi connectivity index (χ2n) is 8.92. The van der Waals surface area contributed by atoms with Crippen LogP contribution in [0.2, 0.25) is 0 Å². The second-order valence-corrected chi connectivity index (χ2v) is 11.7. The van der Waals surface area contributed by atoms with Crippen molar-refractivity contribution in [2.75, 3.05) is 46.1 Å². The van der Waals surface area contributed by atoms with Crippen LogP contribution in [0.5, 0.6) is 5.75 Å². The molecule has 14 heteroatoms. The highest BCUT2D eigenvalue weighted by Crippen LogP contribution is 2.36. The van der Waals surface area contributed by atoms with Gasteiger partial charge in [-0.2, -0.15) is 4.31 Å². The van der Waals surface area contributed by atoms with Gasteiger partial charge in [0.05, 0.1) is 18.9 Å². The smallest absolute Gasteiger partial charge is 0.264 e. The van der Waals surface area contributed by atoms with Crippen molar-refractivity contribution in [3.8, 4) is 5.75 Å². The molecule has 2 aliphatic rings. The van der Waals surface area contributed by atoms with Crippen LogP contribution < -0.4 is 10.1 Å². The lowest BCUT2D eigenvalue weighted by atomic mass is 9.93. The van der Waals surface area contributed by atoms with Crippen molar-refractivity contribution in [3.63, 3.8) is 0 Å². The molecule has 0 atom stereocenters. The molecule has 0 radical (unpaired) electrons. The molecule has 2 aromatic rings. The fourth-order valence-corrected chi connectivity index (χ4v) is 7.02. The summed E-state index contributed by atoms with van der Waals surface area (Å²) in [6, 6.07) is 2.56. The largest absolute Gasteiger partial charge is 0.496 e. The molecule has 4 rings (SSSR count). The number of thioether (sulfide) groups is 1. The topological polar surface area (TPSA) is 110 Å². The van der Waals surface area contributed by atoms with Crippen molar-refractivity contribution >= 4 is 40.1 Å². The molecule has 0 bridgehead atoms. The summed E-state index contributed by atoms with van der Waals surface area (Å²) >= 11 is 1.29. The minimum Gasteiger partial charge on any atom is -0.496 e. The van der Waals surface area contributed by atoms with E-state index in [9.17, 15) is 17.6 Å². The van der Waals surface area contributed by atoms with Crippen LogP contribution in [-0.4, -0.2) is 90.2 Å². The summed E-state index contributed by atoms with van der Waals surface area (Å²) in [7, 11) is -0.643. The number of nitrogens with one attached hydrogen (secondary N) is 1. The number of hydrogen-bond acceptors (Lipinski definition) is 8. The quantitative estimate of drug-likeness (QED) is 0.488. The van der Waals surface area contributed by atoms with Gasteiger partial charge in [0.2, 0.25) is 5.03 Å². The zero-order valence-corrected chi connectivity index (χ0v) is 23.0. The van der Waals surface area contributed by atoms with Crippen LogP contribution in [-0.2, 0) is 17.1 Å². The minimum absolute atomic E-state index is 0. The number of methoxy groups -OCH3 is 1. The Balaban J connectivity index is 0.00000361. The number of hydrogen-bond donors (Lipinski definition) is 1. The molecule has 1 aromatic carbocycles. The molecule has 1 aromatic heterocycles. The maximum absolute atomic E-state index is 13.9. The Kier molecular flexibility index (Phi) is 9.25. The van der Waals surface area contributed by atoms with Gasteiger partial charge in [0, 0.05) is 56.3 Å². The Bertz CT molecular complexity index is 1160. The van der Waals surface area contributed by atoms with Crippen LogP contribution in [0, 0.1) is 5.82 Å². The molecule has 1 saturated heterocycles. The van der Waals surface area contributed by atoms with E-state index in [1.807, 2.05) is 0 Å². The lowest BCUT2D eigenvalue weighted by Crippen LogP contribution is -2.60. The summed E-state index contributed by atoms with van der Waals surface area (Å²) in [5.74, 6) is -0.555. The number of amides is 1. The van der Waals surface area contributed by atoms with E-state index in [2.05, 4.69) is 20.5 Å². The Hall–Kier alpha value is -1.93. The van der Waals surface area contributed by atoms with Gasteiger partial charge in [-0.25, -0.2) is 12.8 Å². The normalized spacial score (nSPS) is 18.6. The van der Waals surface area contributed by atoms with Gasteiger partial charge in [0.25, 0.3) is 15.9 Å². The van der Waals surface area contributed by atoms with E-state index in [0.29, 0.717) is 43.2 Å². The zero-order valence-electron chi connectivity index (χ0n) is 20.6. The summed E-state index contributed by atoms with van der Waals surface area (Å²) in [4.78, 5) is 16.0. The molecule has 2 fully saturated rings. The molecule has 0 spiro atoms. The first-order valence-corrected chi connectivity index (χ1v) is 14.2. The highest BCUT2D eigenvalue weighted by atomic mass is 35.5. The second kappa shape index (κ2) is 11.6. The first kappa shape index (κ1) is 28.6. The van der Waals surface area contributed by atoms with Gasteiger partial charge in [-0.1, -0.05) is 18.1 Å². The number of rotatable bonds is 8. The molecule has 36 heavy (non-hydrogen) atoms. The number of sulfonamides is 1. The number of aryl methyl sites for hydroxylation is 1. The number of carbonyl (C=O) groups excluding carboxylic acids is 1. The Morgan fingerprint density at radius 2 is 1.89 bits per heavy atom. The van der Waals surface area contributed by atoms with Crippen LogP contribution in [0.1, 0.15) is 36.0 Å². The molecule has 200 valence electrons. The number of benzene rings is 1. The van der Waals surface area contributed by atoms with Crippen LogP contribution in [0.25, 0.3) is 0 Å². The SMILES string of the molecule is COc1cc(F)cc(SC)c1C(=O)NCC1(N2CCN(S(=O)(=O)c3cn(C)nn3)CC2)CCCC1.Cl. The van der Waals surface area contributed by atoms with Gasteiger partial charge >= 0.3 is 0 Å². The number of ether oxygens (including phenoxy) is 1. The fraction of sp³-hybridized carbons (Fsp3) is 0.591. The van der Waals surface area contributed by atoms with E-state index in [1.165, 1.54) is 46.2 Å². The third kappa shape index (κ3) is 5.64. The number of halogens is 2. The fourth-order valence-electron chi connectivity index (χ4n) is 5.05. The van der Waals surface area contributed by atoms with Gasteiger partial charge in [-0.3, -0.25) is 14.4 Å². The number of carbonyl (C=O) groups is 1. The zero-order chi connectivity index (χ0) is 25.2. The number of piperazine rings is 1. The molecule has 2 heterocycles. The summed E-state index contributed by atoms with van der Waals surface area (Å²) in [6.45, 7) is 2.24. The maximum Gasteiger partial charge on any atom is 0.264 e. The van der Waals surface area contributed by atoms with Crippen molar-refractivity contribution in [1.29, 1.82) is 0 Å². The van der Waals surface area contributed by atoms with Gasteiger partial charge in [-0.05, 0) is 25.2 Å². The van der Waals surface area contributed by atoms with Crippen molar-refractivity contribution in [2.45, 2.75) is 41.1 Å². The molecule has 0 unspecified atom stereocenters. The van der Waals surface area contributed by atoms with Crippen LogP contribution in [0.3, 0.4) is 0 Å². The lowest BCUT2D eigenvalue weighted by molar-refractivity contribution is 0.0538. The number of aromatic nitrogens is 3. The van der Waals surface area contributed by atoms with Crippen LogP contribution in [0.15, 0.2) is 28.3 Å². The molecular weight excluding hydrogens is 531 g/mol. The predicted molar refractivity (Wildman–Crippen MR) is 137 cm³/mol. The Labute approximate surface area is 221 Å². The van der Waals surface area contributed by atoms with Gasteiger partial charge in [0.1, 0.15) is 11.6 Å². The van der Waals surface area contributed by atoms with Gasteiger partial charge < -0.3 is 10.1 Å². The molecule has 1 aliphatic carbocycles. The average Bonchev–Trinajstić information content (AvgIpc) is 3.52. The highest BCUT2D eigenvalue weighted by molar-refractivity contribution is 7.98. The van der Waals surface area contributed by atoms with Crippen LogP contribution >= 0.6 is 24.2 Å². The standard InChI is InChI=1S/C22H31FN6O4S2.ClH/c1-27-14-19(25-26-27)35(31,32)29-10-8-28(9-11-29)22(6-4-5-7-22)15-24-21(30)20-17(33-2)12-16(23)13-18(20)34-3;/h12-14H,4-11,15H2,1-3H3,(H,24,30);1H. The van der Waals surface area contributed by atoms with E-state index in [4.69, 9.17) is 4.74 Å². The van der Waals surface area contributed by atoms with Gasteiger partial charge in [-0.15, -0.1) is 29.3 Å². The van der Waals surface area contributed by atoms with Gasteiger partial charge in [0.15, 0.2) is 0 Å². The highest BCUT2D eigenvalue weighted by Gasteiger charge is 2.43. The Morgan fingerprint density at radius 3 is 2.44 bits per heavy atom. The third-order valence-corrected chi connectivity index (χ3v) is 9.43. The average molecular weight is 563 g/mol. The molecule has 1 aliphatic heterocycles. The molecule has 1 N–H and O–H groups in total. The number of nitrogens with zero attached hydrogens (tertiary/aromatic N) is 5. The van der Waals surface area contributed by atoms with Crippen molar-refractivity contribution in [2.24, 2.45) is 7.05 Å². The molecule has 1 amide bonds. The third-order valence-electron chi connectivity index (χ3n) is 6.91. The van der Waals surface area contributed by atoms with E-state index in [1.54, 1.807) is 13.3 Å². The summed E-state index contributed by atoms with van der Waals surface area (Å²) < 4.78 is 47.9. The first-order valence-electron chi connectivity index (χ1n) is 11.5. The summed E-state index contributed by atoms with van der Waals surface area (Å²) in [6.07, 6.45) is 7.12. The molecule has 10 nitrogen and oxygen atoms in total. The molecular formula is C22H32ClFN6O4S2. The summed E-state index contributed by atoms with van der Waals surface area (Å²) in [5.41, 5.74) is 0.0830. The van der Waals surface area contributed by atoms with Crippen molar-refractivity contribution in [1.82, 2.24) is 29.5 Å². The van der Waals surface area contributed by atoms with E-state index < -0.39 is 15.8 Å². The van der Waals surface area contributed by atoms with Crippen molar-refractivity contribution < 1.29 is 22.3 Å². The predicted octanol–water partition coefficient (Wildman–Crippen LogP) is 2.16. The van der Waals surface area contributed by atoms with Crippen LogP contribution in [0.4, 0.5) is 4.39 Å².